The molecule has 4 aromatic rings. The van der Waals surface area contributed by atoms with Gasteiger partial charge in [-0.15, -0.1) is 0 Å². The van der Waals surface area contributed by atoms with Gasteiger partial charge in [-0.3, -0.25) is 8.37 Å². The van der Waals surface area contributed by atoms with Gasteiger partial charge < -0.3 is 18.8 Å². The third-order valence-corrected chi connectivity index (χ3v) is 13.6. The fourth-order valence-electron chi connectivity index (χ4n) is 5.63. The molecule has 2 unspecified atom stereocenters. The topological polar surface area (TPSA) is 188 Å². The highest BCUT2D eigenvalue weighted by Crippen LogP contribution is 2.46. The Morgan fingerprint density at radius 2 is 0.951 bits per heavy atom. The molecule has 0 fully saturated rings. The van der Waals surface area contributed by atoms with E-state index in [0.29, 0.717) is 22.7 Å². The molecule has 0 heterocycles. The van der Waals surface area contributed by atoms with Crippen molar-refractivity contribution in [2.45, 2.75) is 74.9 Å². The monoisotopic (exact) mass is 894 g/mol. The maximum atomic E-state index is 13.6. The van der Waals surface area contributed by atoms with Gasteiger partial charge in [-0.25, -0.2) is 4.67 Å². The summed E-state index contributed by atoms with van der Waals surface area (Å²) in [6.07, 6.45) is -0.958. The van der Waals surface area contributed by atoms with Crippen LogP contribution in [0.5, 0.6) is 0 Å². The van der Waals surface area contributed by atoms with Gasteiger partial charge >= 0.3 is 0 Å². The van der Waals surface area contributed by atoms with Crippen molar-refractivity contribution in [3.63, 3.8) is 0 Å². The van der Waals surface area contributed by atoms with Gasteiger partial charge in [0.1, 0.15) is 0 Å². The molecule has 0 aliphatic heterocycles. The first-order valence-corrected chi connectivity index (χ1v) is 23.6. The molecule has 61 heavy (non-hydrogen) atoms. The van der Waals surface area contributed by atoms with E-state index in [1.807, 2.05) is 119 Å². The van der Waals surface area contributed by atoms with Crippen LogP contribution in [0.3, 0.4) is 0 Å². The summed E-state index contributed by atoms with van der Waals surface area (Å²) in [6, 6.07) is 28.6. The number of anilines is 2. The van der Waals surface area contributed by atoms with Gasteiger partial charge in [0, 0.05) is 51.6 Å². The molecule has 2 atom stereocenters. The Kier molecular flexibility index (Phi) is 18.9. The van der Waals surface area contributed by atoms with E-state index in [2.05, 4.69) is 26.5 Å². The minimum absolute atomic E-state index is 0.00574. The molecule has 16 nitrogen and oxygen atoms in total. The number of azo groups is 2. The van der Waals surface area contributed by atoms with Crippen molar-refractivity contribution in [1.29, 1.82) is 5.26 Å². The minimum atomic E-state index is -4.35. The average molecular weight is 895 g/mol. The van der Waals surface area contributed by atoms with Crippen molar-refractivity contribution >= 4 is 62.9 Å². The Morgan fingerprint density at radius 3 is 1.34 bits per heavy atom. The lowest BCUT2D eigenvalue weighted by Gasteiger charge is -2.35. The quantitative estimate of drug-likeness (QED) is 0.0281. The molecule has 0 radical (unpaired) electrons. The SMILES string of the molecule is CC(C)N(C(C)C)P(OCCC#N)OCCC(CCOS(=O)(=O)c1ccc(N=Nc2ccc(N(C)C)cc2)cc1)OS(=O)(=O)c1ccc(N=Nc2ccc(N(C)C)cc2)cc1. The molecule has 0 saturated carbocycles. The maximum Gasteiger partial charge on any atom is 0.297 e. The molecule has 0 amide bonds. The Hall–Kier alpha value is -4.70. The minimum Gasteiger partial charge on any atom is -0.378 e. The second kappa shape index (κ2) is 23.5. The number of hydrogen-bond donors (Lipinski definition) is 0. The van der Waals surface area contributed by atoms with Gasteiger partial charge in [-0.1, -0.05) is 0 Å². The van der Waals surface area contributed by atoms with Crippen LogP contribution < -0.4 is 9.80 Å². The van der Waals surface area contributed by atoms with Crippen molar-refractivity contribution in [2.24, 2.45) is 20.5 Å². The highest BCUT2D eigenvalue weighted by molar-refractivity contribution is 7.87. The molecule has 0 N–H and O–H groups in total. The van der Waals surface area contributed by atoms with Gasteiger partial charge in [0.15, 0.2) is 0 Å². The van der Waals surface area contributed by atoms with Crippen molar-refractivity contribution in [1.82, 2.24) is 4.67 Å². The van der Waals surface area contributed by atoms with Crippen molar-refractivity contribution < 1.29 is 34.2 Å². The largest absolute Gasteiger partial charge is 0.378 e. The van der Waals surface area contributed by atoms with Crippen molar-refractivity contribution in [3.8, 4) is 6.07 Å². The zero-order valence-corrected chi connectivity index (χ0v) is 38.3. The van der Waals surface area contributed by atoms with Crippen LogP contribution in [0.25, 0.3) is 0 Å². The van der Waals surface area contributed by atoms with Crippen molar-refractivity contribution in [3.05, 3.63) is 97.1 Å². The second-order valence-corrected chi connectivity index (χ2v) is 19.3. The first-order chi connectivity index (χ1) is 29.0. The molecule has 0 spiro atoms. The number of rotatable bonds is 24. The van der Waals surface area contributed by atoms with E-state index >= 15 is 0 Å². The summed E-state index contributed by atoms with van der Waals surface area (Å²) in [5, 5.41) is 26.0. The fraction of sp³-hybridized carbons (Fsp3) is 0.405. The molecule has 0 aliphatic carbocycles. The lowest BCUT2D eigenvalue weighted by atomic mass is 10.2. The zero-order chi connectivity index (χ0) is 44.6. The number of nitriles is 1. The summed E-state index contributed by atoms with van der Waals surface area (Å²) in [5.74, 6) is 0. The normalized spacial score (nSPS) is 13.3. The second-order valence-electron chi connectivity index (χ2n) is 14.6. The Labute approximate surface area is 362 Å². The summed E-state index contributed by atoms with van der Waals surface area (Å²) < 4.78 is 79.0. The third-order valence-electron chi connectivity index (χ3n) is 8.79. The molecule has 0 aliphatic rings. The van der Waals surface area contributed by atoms with Gasteiger partial charge in [-0.05, 0) is 138 Å². The van der Waals surface area contributed by atoms with Crippen LogP contribution in [0, 0.1) is 11.3 Å². The van der Waals surface area contributed by atoms with Crippen LogP contribution in [-0.2, 0) is 37.6 Å². The van der Waals surface area contributed by atoms with Gasteiger partial charge in [-0.2, -0.15) is 42.6 Å². The smallest absolute Gasteiger partial charge is 0.297 e. The Morgan fingerprint density at radius 1 is 0.574 bits per heavy atom. The first-order valence-electron chi connectivity index (χ1n) is 19.6. The first kappa shape index (κ1) is 49.0. The summed E-state index contributed by atoms with van der Waals surface area (Å²) in [5.41, 5.74) is 4.15. The highest BCUT2D eigenvalue weighted by atomic mass is 32.2. The summed E-state index contributed by atoms with van der Waals surface area (Å²) in [7, 11) is -2.47. The van der Waals surface area contributed by atoms with E-state index in [0.717, 1.165) is 11.4 Å². The van der Waals surface area contributed by atoms with Gasteiger partial charge in [0.05, 0.1) is 71.0 Å². The molecule has 19 heteroatoms. The molecule has 4 aromatic carbocycles. The number of nitrogens with zero attached hydrogens (tertiary/aromatic N) is 8. The average Bonchev–Trinajstić information content (AvgIpc) is 3.22. The summed E-state index contributed by atoms with van der Waals surface area (Å²) in [4.78, 5) is 3.70. The number of benzene rings is 4. The summed E-state index contributed by atoms with van der Waals surface area (Å²) >= 11 is 0. The van der Waals surface area contributed by atoms with Crippen LogP contribution in [0.1, 0.15) is 47.0 Å². The van der Waals surface area contributed by atoms with Crippen molar-refractivity contribution in [2.75, 3.05) is 57.8 Å². The Bertz CT molecular complexity index is 2280. The van der Waals surface area contributed by atoms with E-state index in [1.165, 1.54) is 48.5 Å². The Balaban J connectivity index is 1.46. The van der Waals surface area contributed by atoms with Crippen LogP contribution >= 0.6 is 8.53 Å². The molecule has 0 aromatic heterocycles. The van der Waals surface area contributed by atoms with Crippen LogP contribution in [-0.4, -0.2) is 87.7 Å². The molecular formula is C42H55N8O8PS2. The van der Waals surface area contributed by atoms with Crippen LogP contribution in [0.2, 0.25) is 0 Å². The lowest BCUT2D eigenvalue weighted by molar-refractivity contribution is 0.125. The third kappa shape index (κ3) is 15.6. The van der Waals surface area contributed by atoms with E-state index < -0.39 is 34.9 Å². The van der Waals surface area contributed by atoms with Gasteiger partial charge in [0.2, 0.25) is 0 Å². The number of hydrogen-bond acceptors (Lipinski definition) is 16. The van der Waals surface area contributed by atoms with E-state index in [4.69, 9.17) is 22.7 Å². The van der Waals surface area contributed by atoms with Crippen LogP contribution in [0.15, 0.2) is 127 Å². The molecule has 0 bridgehead atoms. The molecule has 328 valence electrons. The molecular weight excluding hydrogens is 840 g/mol. The van der Waals surface area contributed by atoms with Crippen LogP contribution in [0.4, 0.5) is 34.1 Å². The fourth-order valence-corrected chi connectivity index (χ4v) is 9.29. The van der Waals surface area contributed by atoms with E-state index in [1.54, 1.807) is 0 Å². The predicted octanol–water partition coefficient (Wildman–Crippen LogP) is 10.2. The lowest BCUT2D eigenvalue weighted by Crippen LogP contribution is -2.34. The molecule has 0 saturated heterocycles. The zero-order valence-electron chi connectivity index (χ0n) is 35.8. The van der Waals surface area contributed by atoms with E-state index in [-0.39, 0.29) is 61.0 Å². The highest BCUT2D eigenvalue weighted by Gasteiger charge is 2.29. The van der Waals surface area contributed by atoms with E-state index in [9.17, 15) is 16.8 Å². The summed E-state index contributed by atoms with van der Waals surface area (Å²) in [6.45, 7) is 7.78. The van der Waals surface area contributed by atoms with Gasteiger partial charge in [0.25, 0.3) is 28.8 Å². The molecule has 4 rings (SSSR count). The maximum absolute atomic E-state index is 13.6. The standard InChI is InChI=1S/C42H55N8O8PS2/c1-32(2)50(33(3)4)59(55-29-9-28-43)56-30-26-40(58-61(53,54)42-24-16-37(17-25-42)47-45-35-12-20-39(21-13-35)49(7)8)27-31-57-60(51,52)41-22-14-36(15-23-41)46-44-34-10-18-38(19-11-34)48(5)6/h10-25,32-33,40H,9,26-27,29-31H2,1-8H3. The predicted molar refractivity (Wildman–Crippen MR) is 238 cm³/mol.